The molecule has 0 saturated carbocycles. The summed E-state index contributed by atoms with van der Waals surface area (Å²) in [4.78, 5) is 9.50. The molecule has 0 radical (unpaired) electrons. The van der Waals surface area contributed by atoms with Gasteiger partial charge in [-0.1, -0.05) is 357 Å². The molecule has 0 aliphatic heterocycles. The van der Waals surface area contributed by atoms with Gasteiger partial charge < -0.3 is 38.5 Å². The average molecular weight is 1860 g/mol. The van der Waals surface area contributed by atoms with Crippen LogP contribution in [0.1, 0.15) is 124 Å². The van der Waals surface area contributed by atoms with Crippen LogP contribution in [0, 0.1) is 0 Å². The largest absolute Gasteiger partial charge is 0.494 e. The number of nitrogens with zero attached hydrogens (tertiary/aromatic N) is 4. The second-order valence-electron chi connectivity index (χ2n) is 36.6. The summed E-state index contributed by atoms with van der Waals surface area (Å²) in [5.74, 6) is 1.76. The van der Waals surface area contributed by atoms with Crippen LogP contribution in [-0.2, 0) is 35.5 Å². The van der Waals surface area contributed by atoms with E-state index >= 15 is 0 Å². The van der Waals surface area contributed by atoms with E-state index in [2.05, 4.69) is 447 Å². The van der Waals surface area contributed by atoms with Crippen LogP contribution in [0.5, 0.6) is 11.5 Å². The van der Waals surface area contributed by atoms with E-state index < -0.39 is 0 Å². The Balaban J connectivity index is 0.526. The molecule has 8 heteroatoms. The minimum Gasteiger partial charge on any atom is -0.494 e. The zero-order valence-corrected chi connectivity index (χ0v) is 81.9. The van der Waals surface area contributed by atoms with Crippen molar-refractivity contribution in [1.29, 1.82) is 0 Å². The summed E-state index contributed by atoms with van der Waals surface area (Å²) in [6.45, 7) is 16.1. The molecule has 0 atom stereocenters. The van der Waals surface area contributed by atoms with Crippen LogP contribution in [0.4, 0.5) is 68.2 Å². The van der Waals surface area contributed by atoms with Crippen LogP contribution in [0.15, 0.2) is 462 Å². The van der Waals surface area contributed by atoms with Crippen molar-refractivity contribution in [3.8, 4) is 89.4 Å². The number of rotatable bonds is 47. The molecule has 18 rings (SSSR count). The van der Waals surface area contributed by atoms with E-state index in [1.165, 1.54) is 116 Å². The van der Waals surface area contributed by atoms with E-state index in [0.29, 0.717) is 39.6 Å². The van der Waals surface area contributed by atoms with Gasteiger partial charge in [-0.25, -0.2) is 0 Å². The highest BCUT2D eigenvalue weighted by Gasteiger charge is 2.23. The zero-order chi connectivity index (χ0) is 96.6. The lowest BCUT2D eigenvalue weighted by atomic mass is 9.89. The van der Waals surface area contributed by atoms with Gasteiger partial charge in [0, 0.05) is 81.5 Å². The van der Waals surface area contributed by atoms with Crippen molar-refractivity contribution < 1.29 is 18.9 Å². The average Bonchev–Trinajstić information content (AvgIpc) is 0.768. The van der Waals surface area contributed by atoms with Gasteiger partial charge in [0.2, 0.25) is 0 Å². The van der Waals surface area contributed by atoms with Gasteiger partial charge in [0.05, 0.1) is 26.4 Å². The maximum atomic E-state index is 6.11. The van der Waals surface area contributed by atoms with E-state index in [9.17, 15) is 0 Å². The monoisotopic (exact) mass is 1850 g/mol. The number of hydrogen-bond acceptors (Lipinski definition) is 8. The third kappa shape index (κ3) is 25.1. The molecule has 0 heterocycles. The van der Waals surface area contributed by atoms with Crippen LogP contribution in [0.3, 0.4) is 0 Å². The van der Waals surface area contributed by atoms with Crippen molar-refractivity contribution in [2.45, 2.75) is 117 Å². The number of anilines is 12. The molecule has 0 bridgehead atoms. The molecule has 0 unspecified atom stereocenters. The summed E-state index contributed by atoms with van der Waals surface area (Å²) in [6, 6.07) is 163. The molecule has 0 fully saturated rings. The Morgan fingerprint density at radius 2 is 0.423 bits per heavy atom. The minimum absolute atomic E-state index is 0.562. The Bertz CT molecular complexity index is 6540. The van der Waals surface area contributed by atoms with Crippen molar-refractivity contribution >= 4 is 80.4 Å². The van der Waals surface area contributed by atoms with Crippen molar-refractivity contribution in [2.24, 2.45) is 0 Å². The molecular formula is C134H126N4O4. The molecule has 0 saturated heterocycles. The molecule has 0 spiro atoms. The van der Waals surface area contributed by atoms with Crippen LogP contribution in [0.25, 0.3) is 90.0 Å². The third-order valence-electron chi connectivity index (χ3n) is 26.7. The first-order valence-corrected chi connectivity index (χ1v) is 50.8. The molecule has 142 heavy (non-hydrogen) atoms. The molecule has 0 N–H and O–H groups in total. The second-order valence-corrected chi connectivity index (χ2v) is 36.6. The number of hydrogen-bond donors (Lipinski definition) is 0. The first-order valence-electron chi connectivity index (χ1n) is 50.8. The number of benzene rings is 18. The molecule has 18 aromatic carbocycles. The van der Waals surface area contributed by atoms with E-state index in [4.69, 9.17) is 18.9 Å². The summed E-state index contributed by atoms with van der Waals surface area (Å²) in [7, 11) is 0. The number of unbranched alkanes of at least 4 members (excludes halogenated alkanes) is 8. The molecule has 0 amide bonds. The second kappa shape index (κ2) is 49.1. The fraction of sp³-hybridized carbons (Fsp3) is 0.164. The SMILES string of the molecule is C=Cc1ccc(OCCCCOCc2ccc(N(c3ccccc3)c3ccc(-c4ccc(-c5ccc(-c6ccc(N(c7ccccc7)c7ccc(-c8ccc(N(c9ccccc9)c9ccc(-c%10ccc(-c%11ccc(-c%12ccc(N(c%13ccccc%13)c%13ccc(COCCCCOc%14ccc(C=C)cc%14)cc%13)cc%12)cc%11)cc%10)cc9)cc8CCCCCC)c(CCCCCC)c7)cc6)cc5)cc4)cc3)cc2)cc1. The number of para-hydroxylation sites is 4. The van der Waals surface area contributed by atoms with Crippen LogP contribution in [0.2, 0.25) is 0 Å². The fourth-order valence-electron chi connectivity index (χ4n) is 18.8. The van der Waals surface area contributed by atoms with Crippen LogP contribution >= 0.6 is 0 Å². The first kappa shape index (κ1) is 96.4. The van der Waals surface area contributed by atoms with Crippen LogP contribution < -0.4 is 29.1 Å². The van der Waals surface area contributed by atoms with Gasteiger partial charge >= 0.3 is 0 Å². The van der Waals surface area contributed by atoms with Gasteiger partial charge in [-0.15, -0.1) is 0 Å². The molecule has 0 aliphatic rings. The Hall–Kier alpha value is -15.8. The lowest BCUT2D eigenvalue weighted by Gasteiger charge is -2.28. The number of ether oxygens (including phenoxy) is 4. The zero-order valence-electron chi connectivity index (χ0n) is 81.9. The summed E-state index contributed by atoms with van der Waals surface area (Å²) in [6.07, 6.45) is 18.8. The molecule has 706 valence electrons. The Morgan fingerprint density at radius 3 is 0.669 bits per heavy atom. The maximum absolute atomic E-state index is 6.11. The normalized spacial score (nSPS) is 11.1. The van der Waals surface area contributed by atoms with Gasteiger partial charge in [0.1, 0.15) is 11.5 Å². The van der Waals surface area contributed by atoms with E-state index in [-0.39, 0.29) is 0 Å². The van der Waals surface area contributed by atoms with Gasteiger partial charge in [0.15, 0.2) is 0 Å². The van der Waals surface area contributed by atoms with Gasteiger partial charge in [-0.3, -0.25) is 0 Å². The molecule has 18 aromatic rings. The van der Waals surface area contributed by atoms with Crippen molar-refractivity contribution in [1.82, 2.24) is 0 Å². The molecule has 0 aliphatic carbocycles. The standard InChI is InChI=1S/C134H126N4O4/c1-5-9-11-17-31-117-97-129(137(121-37-23-15-24-38-121)127-81-69-115(70-82-127)111-61-53-107(54-62-111)105-49-57-109(58-50-105)113-65-77-125(78-66-113)135(119-33-19-13-20-34-119)123-73-41-103(42-74-123)99-139-93-27-29-95-141-131-87-45-101(7-3)46-88-131)85-91-133(117)134-92-86-130(98-118(134)32-18-12-10-6-2)138(122-39-25-16-26-40-122)128-83-71-116(72-84-128)112-63-55-108(56-64-112)106-51-59-110(60-52-106)114-67-79-126(80-68-114)136(120-35-21-14-22-36-120)124-75-43-104(44-76-124)100-140-94-28-30-96-142-132-89-47-102(8-4)48-90-132/h7-8,13-16,19-26,33-92,97-98H,3-6,9-12,17-18,27-32,93-96,99-100H2,1-2H3. The van der Waals surface area contributed by atoms with Gasteiger partial charge in [0.25, 0.3) is 0 Å². The van der Waals surface area contributed by atoms with E-state index in [1.807, 2.05) is 60.7 Å². The maximum Gasteiger partial charge on any atom is 0.119 e. The van der Waals surface area contributed by atoms with Crippen molar-refractivity contribution in [3.05, 3.63) is 495 Å². The summed E-state index contributed by atoms with van der Waals surface area (Å²) < 4.78 is 24.1. The highest BCUT2D eigenvalue weighted by atomic mass is 16.5. The summed E-state index contributed by atoms with van der Waals surface area (Å²) in [5, 5.41) is 0. The van der Waals surface area contributed by atoms with Crippen molar-refractivity contribution in [2.75, 3.05) is 46.0 Å². The predicted octanol–water partition coefficient (Wildman–Crippen LogP) is 37.5. The highest BCUT2D eigenvalue weighted by Crippen LogP contribution is 2.46. The first-order chi connectivity index (χ1) is 70.2. The Morgan fingerprint density at radius 1 is 0.204 bits per heavy atom. The van der Waals surface area contributed by atoms with Crippen LogP contribution in [-0.4, -0.2) is 26.4 Å². The number of aryl methyl sites for hydroxylation is 2. The minimum atomic E-state index is 0.562. The van der Waals surface area contributed by atoms with E-state index in [1.54, 1.807) is 0 Å². The molecule has 8 nitrogen and oxygen atoms in total. The summed E-state index contributed by atoms with van der Waals surface area (Å²) >= 11 is 0. The third-order valence-corrected chi connectivity index (χ3v) is 26.7. The molecular weight excluding hydrogens is 1730 g/mol. The molecule has 0 aromatic heterocycles. The lowest BCUT2D eigenvalue weighted by Crippen LogP contribution is -2.11. The van der Waals surface area contributed by atoms with Crippen molar-refractivity contribution in [3.63, 3.8) is 0 Å². The lowest BCUT2D eigenvalue weighted by molar-refractivity contribution is 0.113. The van der Waals surface area contributed by atoms with Gasteiger partial charge in [-0.2, -0.15) is 0 Å². The Kier molecular flexibility index (Phi) is 33.4. The quantitative estimate of drug-likeness (QED) is 0.0350. The topological polar surface area (TPSA) is 49.9 Å². The smallest absolute Gasteiger partial charge is 0.119 e. The predicted molar refractivity (Wildman–Crippen MR) is 601 cm³/mol. The fourth-order valence-corrected chi connectivity index (χ4v) is 18.8. The summed E-state index contributed by atoms with van der Waals surface area (Å²) in [5.41, 5.74) is 37.2. The highest BCUT2D eigenvalue weighted by molar-refractivity contribution is 5.88. The Labute approximate surface area is 841 Å². The van der Waals surface area contributed by atoms with E-state index in [0.717, 1.165) is 164 Å². The van der Waals surface area contributed by atoms with Gasteiger partial charge in [-0.05, 0) is 332 Å².